The standard InChI is InChI=1S/C20H24O11/c1-29-19(28)18-13(7-16(24)25)12(6-15(22)23)14(8-17(26)27)20(31-18)30-11-4-2-10(9-21)3-5-11/h2-5,12-14,18,20-21H,6-9H2,1H3,(H,22,23)(H,24,25)(H,26,27)/t12-,13-,14+,18-,20+/m0/s1. The monoisotopic (exact) mass is 440 g/mol. The maximum Gasteiger partial charge on any atom is 0.335 e. The molecule has 1 aliphatic heterocycles. The van der Waals surface area contributed by atoms with Crippen LogP contribution in [-0.4, -0.2) is 63.8 Å². The summed E-state index contributed by atoms with van der Waals surface area (Å²) in [5.74, 6) is -7.79. The zero-order valence-electron chi connectivity index (χ0n) is 16.7. The van der Waals surface area contributed by atoms with E-state index in [1.165, 1.54) is 12.1 Å². The summed E-state index contributed by atoms with van der Waals surface area (Å²) < 4.78 is 16.1. The van der Waals surface area contributed by atoms with E-state index in [1.807, 2.05) is 0 Å². The van der Waals surface area contributed by atoms with E-state index in [-0.39, 0.29) is 12.4 Å². The second-order valence-electron chi connectivity index (χ2n) is 7.15. The molecule has 2 rings (SSSR count). The molecule has 0 unspecified atom stereocenters. The van der Waals surface area contributed by atoms with Crippen molar-refractivity contribution in [2.24, 2.45) is 17.8 Å². The lowest BCUT2D eigenvalue weighted by Crippen LogP contribution is -2.54. The van der Waals surface area contributed by atoms with E-state index in [9.17, 15) is 34.5 Å². The number of aliphatic hydroxyl groups is 1. The Morgan fingerprint density at radius 3 is 1.87 bits per heavy atom. The molecule has 0 radical (unpaired) electrons. The molecule has 0 spiro atoms. The number of esters is 1. The number of hydrogen-bond donors (Lipinski definition) is 4. The van der Waals surface area contributed by atoms with Crippen molar-refractivity contribution >= 4 is 23.9 Å². The van der Waals surface area contributed by atoms with Crippen LogP contribution in [0.15, 0.2) is 24.3 Å². The lowest BCUT2D eigenvalue weighted by atomic mass is 9.71. The Bertz CT molecular complexity index is 804. The van der Waals surface area contributed by atoms with Gasteiger partial charge in [0.2, 0.25) is 6.29 Å². The summed E-state index contributed by atoms with van der Waals surface area (Å²) in [6, 6.07) is 6.11. The SMILES string of the molecule is COC(=O)[C@H]1O[C@@H](Oc2ccc(CO)cc2)[C@H](CC(=O)O)[C@@H](CC(=O)O)[C@@H]1CC(=O)O. The van der Waals surface area contributed by atoms with Crippen molar-refractivity contribution in [3.05, 3.63) is 29.8 Å². The molecule has 0 aliphatic carbocycles. The maximum atomic E-state index is 12.3. The van der Waals surface area contributed by atoms with Crippen molar-refractivity contribution in [3.63, 3.8) is 0 Å². The summed E-state index contributed by atoms with van der Waals surface area (Å²) in [4.78, 5) is 46.7. The summed E-state index contributed by atoms with van der Waals surface area (Å²) in [7, 11) is 1.07. The van der Waals surface area contributed by atoms with E-state index in [0.29, 0.717) is 5.56 Å². The predicted octanol–water partition coefficient (Wildman–Crippen LogP) is 0.728. The van der Waals surface area contributed by atoms with Gasteiger partial charge in [-0.25, -0.2) is 4.79 Å². The molecular formula is C20H24O11. The summed E-state index contributed by atoms with van der Waals surface area (Å²) >= 11 is 0. The van der Waals surface area contributed by atoms with Gasteiger partial charge in [-0.1, -0.05) is 12.1 Å². The maximum absolute atomic E-state index is 12.3. The van der Waals surface area contributed by atoms with Crippen LogP contribution in [0.2, 0.25) is 0 Å². The molecule has 1 aromatic rings. The third-order valence-electron chi connectivity index (χ3n) is 5.14. The van der Waals surface area contributed by atoms with Crippen molar-refractivity contribution in [2.45, 2.75) is 38.3 Å². The Kier molecular flexibility index (Phi) is 8.34. The second-order valence-corrected chi connectivity index (χ2v) is 7.15. The summed E-state index contributed by atoms with van der Waals surface area (Å²) in [5.41, 5.74) is 0.594. The van der Waals surface area contributed by atoms with E-state index in [0.717, 1.165) is 7.11 Å². The van der Waals surface area contributed by atoms with Crippen molar-refractivity contribution in [1.82, 2.24) is 0 Å². The van der Waals surface area contributed by atoms with Crippen LogP contribution in [0.4, 0.5) is 0 Å². The first-order valence-electron chi connectivity index (χ1n) is 9.41. The van der Waals surface area contributed by atoms with E-state index in [4.69, 9.17) is 19.3 Å². The number of carboxylic acid groups (broad SMARTS) is 3. The first-order valence-corrected chi connectivity index (χ1v) is 9.41. The number of benzene rings is 1. The van der Waals surface area contributed by atoms with Gasteiger partial charge in [0.25, 0.3) is 0 Å². The van der Waals surface area contributed by atoms with Crippen molar-refractivity contribution in [3.8, 4) is 5.75 Å². The molecular weight excluding hydrogens is 416 g/mol. The van der Waals surface area contributed by atoms with Crippen molar-refractivity contribution in [1.29, 1.82) is 0 Å². The lowest BCUT2D eigenvalue weighted by Gasteiger charge is -2.44. The summed E-state index contributed by atoms with van der Waals surface area (Å²) in [6.45, 7) is -0.205. The quantitative estimate of drug-likeness (QED) is 0.377. The molecule has 11 heteroatoms. The van der Waals surface area contributed by atoms with Gasteiger partial charge < -0.3 is 34.6 Å². The minimum Gasteiger partial charge on any atom is -0.481 e. The number of carboxylic acids is 3. The molecule has 1 fully saturated rings. The second kappa shape index (κ2) is 10.7. The van der Waals surface area contributed by atoms with Gasteiger partial charge >= 0.3 is 23.9 Å². The van der Waals surface area contributed by atoms with Crippen LogP contribution >= 0.6 is 0 Å². The fraction of sp³-hybridized carbons (Fsp3) is 0.500. The highest BCUT2D eigenvalue weighted by atomic mass is 16.7. The van der Waals surface area contributed by atoms with Crippen LogP contribution < -0.4 is 4.74 Å². The van der Waals surface area contributed by atoms with Crippen LogP contribution in [0.1, 0.15) is 24.8 Å². The molecule has 31 heavy (non-hydrogen) atoms. The number of carbonyl (C=O) groups excluding carboxylic acids is 1. The van der Waals surface area contributed by atoms with E-state index in [2.05, 4.69) is 0 Å². The number of aliphatic carboxylic acids is 3. The van der Waals surface area contributed by atoms with E-state index < -0.39 is 73.3 Å². The minimum absolute atomic E-state index is 0.205. The third kappa shape index (κ3) is 6.40. The number of aliphatic hydroxyl groups excluding tert-OH is 1. The Balaban J connectivity index is 2.46. The lowest BCUT2D eigenvalue weighted by molar-refractivity contribution is -0.233. The molecule has 1 saturated heterocycles. The molecule has 11 nitrogen and oxygen atoms in total. The van der Waals surface area contributed by atoms with Gasteiger partial charge in [0.1, 0.15) is 5.75 Å². The highest BCUT2D eigenvalue weighted by Gasteiger charge is 2.51. The fourth-order valence-electron chi connectivity index (χ4n) is 3.77. The summed E-state index contributed by atoms with van der Waals surface area (Å²) in [5, 5.41) is 37.2. The largest absolute Gasteiger partial charge is 0.481 e. The third-order valence-corrected chi connectivity index (χ3v) is 5.14. The van der Waals surface area contributed by atoms with Crippen molar-refractivity contribution in [2.75, 3.05) is 7.11 Å². The first-order chi connectivity index (χ1) is 14.7. The van der Waals surface area contributed by atoms with Crippen LogP contribution in [0.25, 0.3) is 0 Å². The highest BCUT2D eigenvalue weighted by Crippen LogP contribution is 2.42. The Morgan fingerprint density at radius 2 is 1.39 bits per heavy atom. The Labute approximate surface area is 177 Å². The first kappa shape index (κ1) is 24.1. The zero-order chi connectivity index (χ0) is 23.1. The fourth-order valence-corrected chi connectivity index (χ4v) is 3.77. The number of ether oxygens (including phenoxy) is 3. The Morgan fingerprint density at radius 1 is 0.871 bits per heavy atom. The van der Waals surface area contributed by atoms with Gasteiger partial charge in [0.15, 0.2) is 6.10 Å². The van der Waals surface area contributed by atoms with Gasteiger partial charge in [-0.15, -0.1) is 0 Å². The van der Waals surface area contributed by atoms with Gasteiger partial charge in [-0.2, -0.15) is 0 Å². The van der Waals surface area contributed by atoms with Crippen LogP contribution in [0.5, 0.6) is 5.75 Å². The molecule has 0 amide bonds. The van der Waals surface area contributed by atoms with Gasteiger partial charge in [0, 0.05) is 18.3 Å². The molecule has 0 aromatic heterocycles. The molecule has 4 N–H and O–H groups in total. The van der Waals surface area contributed by atoms with Gasteiger partial charge in [0.05, 0.1) is 26.6 Å². The van der Waals surface area contributed by atoms with Crippen molar-refractivity contribution < 1.29 is 53.8 Å². The average Bonchev–Trinajstić information content (AvgIpc) is 2.71. The smallest absolute Gasteiger partial charge is 0.335 e. The minimum atomic E-state index is -1.46. The van der Waals surface area contributed by atoms with Crippen LogP contribution in [-0.2, 0) is 35.3 Å². The molecule has 170 valence electrons. The Hall–Kier alpha value is -3.18. The van der Waals surface area contributed by atoms with Gasteiger partial charge in [-0.3, -0.25) is 14.4 Å². The predicted molar refractivity (Wildman–Crippen MR) is 101 cm³/mol. The molecule has 1 aromatic carbocycles. The molecule has 1 aliphatic rings. The van der Waals surface area contributed by atoms with E-state index >= 15 is 0 Å². The highest BCUT2D eigenvalue weighted by molar-refractivity contribution is 5.77. The molecule has 0 saturated carbocycles. The number of rotatable bonds is 10. The normalized spacial score (nSPS) is 25.4. The van der Waals surface area contributed by atoms with Gasteiger partial charge in [-0.05, 0) is 23.6 Å². The number of hydrogen-bond acceptors (Lipinski definition) is 8. The van der Waals surface area contributed by atoms with Crippen LogP contribution in [0, 0.1) is 17.8 Å². The zero-order valence-corrected chi connectivity index (χ0v) is 16.7. The number of carbonyl (C=O) groups is 4. The number of methoxy groups -OCH3 is 1. The van der Waals surface area contributed by atoms with E-state index in [1.54, 1.807) is 12.1 Å². The molecule has 1 heterocycles. The molecule has 0 bridgehead atoms. The average molecular weight is 440 g/mol. The topological polar surface area (TPSA) is 177 Å². The summed E-state index contributed by atoms with van der Waals surface area (Å²) in [6.07, 6.45) is -4.59. The van der Waals surface area contributed by atoms with Crippen LogP contribution in [0.3, 0.4) is 0 Å². The molecule has 5 atom stereocenters.